The summed E-state index contributed by atoms with van der Waals surface area (Å²) in [7, 11) is 1.42. The van der Waals surface area contributed by atoms with Crippen molar-refractivity contribution in [2.45, 2.75) is 38.5 Å². The molecule has 3 nitrogen and oxygen atoms in total. The van der Waals surface area contributed by atoms with Crippen molar-refractivity contribution in [2.75, 3.05) is 13.7 Å². The maximum absolute atomic E-state index is 11.7. The summed E-state index contributed by atoms with van der Waals surface area (Å²) in [6.45, 7) is 2.62. The molecule has 1 fully saturated rings. The van der Waals surface area contributed by atoms with Crippen LogP contribution in [-0.2, 0) is 9.53 Å². The monoisotopic (exact) mass is 286 g/mol. The second-order valence-corrected chi connectivity index (χ2v) is 6.02. The maximum atomic E-state index is 11.7. The van der Waals surface area contributed by atoms with Crippen molar-refractivity contribution in [1.29, 1.82) is 0 Å². The molecule has 0 bridgehead atoms. The van der Waals surface area contributed by atoms with E-state index < -0.39 is 0 Å². The van der Waals surface area contributed by atoms with E-state index in [1.807, 2.05) is 19.1 Å². The van der Waals surface area contributed by atoms with Crippen LogP contribution >= 0.6 is 0 Å². The lowest BCUT2D eigenvalue weighted by Gasteiger charge is -2.23. The fraction of sp³-hybridized carbons (Fsp3) is 0.500. The van der Waals surface area contributed by atoms with Crippen LogP contribution in [0.4, 0.5) is 0 Å². The van der Waals surface area contributed by atoms with Gasteiger partial charge in [0.15, 0.2) is 0 Å². The highest BCUT2D eigenvalue weighted by Crippen LogP contribution is 2.37. The van der Waals surface area contributed by atoms with Crippen LogP contribution in [0.15, 0.2) is 23.8 Å². The SMILES string of the molecule is COC(=O)C(C)c1ccc2c(c1)OCC1CCCCC1=C2. The fourth-order valence-corrected chi connectivity index (χ4v) is 3.26. The van der Waals surface area contributed by atoms with Gasteiger partial charge in [-0.2, -0.15) is 0 Å². The van der Waals surface area contributed by atoms with Crippen LogP contribution in [0, 0.1) is 5.92 Å². The zero-order valence-corrected chi connectivity index (χ0v) is 12.7. The highest BCUT2D eigenvalue weighted by atomic mass is 16.5. The molecule has 0 radical (unpaired) electrons. The molecule has 0 spiro atoms. The second kappa shape index (κ2) is 5.92. The Morgan fingerprint density at radius 2 is 2.24 bits per heavy atom. The van der Waals surface area contributed by atoms with E-state index in [1.165, 1.54) is 38.4 Å². The molecule has 1 aromatic carbocycles. The lowest BCUT2D eigenvalue weighted by molar-refractivity contribution is -0.141. The number of fused-ring (bicyclic) bond motifs is 2. The van der Waals surface area contributed by atoms with Crippen LogP contribution in [-0.4, -0.2) is 19.7 Å². The fourth-order valence-electron chi connectivity index (χ4n) is 3.26. The van der Waals surface area contributed by atoms with Gasteiger partial charge < -0.3 is 9.47 Å². The zero-order chi connectivity index (χ0) is 14.8. The van der Waals surface area contributed by atoms with Crippen molar-refractivity contribution in [1.82, 2.24) is 0 Å². The Balaban J connectivity index is 1.90. The molecule has 3 rings (SSSR count). The lowest BCUT2D eigenvalue weighted by atomic mass is 9.84. The molecule has 1 aliphatic carbocycles. The maximum Gasteiger partial charge on any atom is 0.312 e. The van der Waals surface area contributed by atoms with Crippen LogP contribution in [0.2, 0.25) is 0 Å². The van der Waals surface area contributed by atoms with Crippen molar-refractivity contribution in [3.05, 3.63) is 34.9 Å². The second-order valence-electron chi connectivity index (χ2n) is 6.02. The minimum atomic E-state index is -0.262. The van der Waals surface area contributed by atoms with E-state index in [1.54, 1.807) is 0 Å². The van der Waals surface area contributed by atoms with Crippen molar-refractivity contribution in [2.24, 2.45) is 5.92 Å². The van der Waals surface area contributed by atoms with Gasteiger partial charge in [0.25, 0.3) is 0 Å². The number of rotatable bonds is 2. The Labute approximate surface area is 125 Å². The first-order valence-corrected chi connectivity index (χ1v) is 7.74. The molecule has 0 saturated heterocycles. The van der Waals surface area contributed by atoms with Gasteiger partial charge in [-0.25, -0.2) is 0 Å². The molecule has 2 aliphatic rings. The molecule has 0 N–H and O–H groups in total. The number of carbonyl (C=O) groups is 1. The van der Waals surface area contributed by atoms with E-state index >= 15 is 0 Å². The van der Waals surface area contributed by atoms with Gasteiger partial charge in [0, 0.05) is 11.5 Å². The predicted molar refractivity (Wildman–Crippen MR) is 82.3 cm³/mol. The third-order valence-electron chi connectivity index (χ3n) is 4.67. The molecule has 2 atom stereocenters. The van der Waals surface area contributed by atoms with Crippen molar-refractivity contribution < 1.29 is 14.3 Å². The lowest BCUT2D eigenvalue weighted by Crippen LogP contribution is -2.16. The smallest absolute Gasteiger partial charge is 0.312 e. The Hall–Kier alpha value is -1.77. The molecule has 0 aromatic heterocycles. The van der Waals surface area contributed by atoms with Crippen LogP contribution < -0.4 is 4.74 Å². The highest BCUT2D eigenvalue weighted by Gasteiger charge is 2.24. The minimum Gasteiger partial charge on any atom is -0.492 e. The van der Waals surface area contributed by atoms with Crippen LogP contribution in [0.3, 0.4) is 0 Å². The molecule has 0 amide bonds. The topological polar surface area (TPSA) is 35.5 Å². The normalized spacial score (nSPS) is 22.0. The van der Waals surface area contributed by atoms with Gasteiger partial charge >= 0.3 is 5.97 Å². The van der Waals surface area contributed by atoms with Crippen molar-refractivity contribution >= 4 is 12.0 Å². The average Bonchev–Trinajstić information content (AvgIpc) is 2.71. The quantitative estimate of drug-likeness (QED) is 0.773. The van der Waals surface area contributed by atoms with Crippen molar-refractivity contribution in [3.63, 3.8) is 0 Å². The third kappa shape index (κ3) is 2.82. The van der Waals surface area contributed by atoms with E-state index in [2.05, 4.69) is 12.1 Å². The molecule has 112 valence electrons. The summed E-state index contributed by atoms with van der Waals surface area (Å²) >= 11 is 0. The van der Waals surface area contributed by atoms with E-state index in [-0.39, 0.29) is 11.9 Å². The number of hydrogen-bond acceptors (Lipinski definition) is 3. The number of esters is 1. The largest absolute Gasteiger partial charge is 0.492 e. The Morgan fingerprint density at radius 3 is 3.05 bits per heavy atom. The van der Waals surface area contributed by atoms with Crippen molar-refractivity contribution in [3.8, 4) is 5.75 Å². The van der Waals surface area contributed by atoms with E-state index in [4.69, 9.17) is 9.47 Å². The first kappa shape index (κ1) is 14.2. The summed E-state index contributed by atoms with van der Waals surface area (Å²) in [6, 6.07) is 6.06. The van der Waals surface area contributed by atoms with E-state index in [0.29, 0.717) is 5.92 Å². The highest BCUT2D eigenvalue weighted by molar-refractivity contribution is 5.78. The summed E-state index contributed by atoms with van der Waals surface area (Å²) in [4.78, 5) is 11.7. The molecular formula is C18H22O3. The number of benzene rings is 1. The molecule has 1 aromatic rings. The Morgan fingerprint density at radius 1 is 1.38 bits per heavy atom. The van der Waals surface area contributed by atoms with E-state index in [0.717, 1.165) is 23.5 Å². The number of carbonyl (C=O) groups excluding carboxylic acids is 1. The van der Waals surface area contributed by atoms with Gasteiger partial charge in [0.05, 0.1) is 19.6 Å². The summed E-state index contributed by atoms with van der Waals surface area (Å²) < 4.78 is 10.8. The summed E-state index contributed by atoms with van der Waals surface area (Å²) in [5, 5.41) is 0. The third-order valence-corrected chi connectivity index (χ3v) is 4.67. The number of methoxy groups -OCH3 is 1. The Kier molecular flexibility index (Phi) is 4.00. The summed E-state index contributed by atoms with van der Waals surface area (Å²) in [6.07, 6.45) is 7.29. The van der Waals surface area contributed by atoms with Gasteiger partial charge in [0.1, 0.15) is 5.75 Å². The van der Waals surface area contributed by atoms with Gasteiger partial charge in [-0.15, -0.1) is 0 Å². The molecule has 21 heavy (non-hydrogen) atoms. The van der Waals surface area contributed by atoms with Gasteiger partial charge in [-0.05, 0) is 37.8 Å². The molecule has 1 aliphatic heterocycles. The minimum absolute atomic E-state index is 0.212. The summed E-state index contributed by atoms with van der Waals surface area (Å²) in [5.41, 5.74) is 3.60. The standard InChI is InChI=1S/C18H22O3/c1-12(18(19)20-2)13-7-8-15-9-14-5-3-4-6-16(14)11-21-17(15)10-13/h7-10,12,16H,3-6,11H2,1-2H3. The molecule has 1 heterocycles. The van der Waals surface area contributed by atoms with Crippen LogP contribution in [0.5, 0.6) is 5.75 Å². The molecular weight excluding hydrogens is 264 g/mol. The van der Waals surface area contributed by atoms with E-state index in [9.17, 15) is 4.79 Å². The number of hydrogen-bond donors (Lipinski definition) is 0. The zero-order valence-electron chi connectivity index (χ0n) is 12.7. The molecule has 1 saturated carbocycles. The van der Waals surface area contributed by atoms with Gasteiger partial charge in [0.2, 0.25) is 0 Å². The average molecular weight is 286 g/mol. The first-order valence-electron chi connectivity index (χ1n) is 7.74. The number of ether oxygens (including phenoxy) is 2. The van der Waals surface area contributed by atoms with Gasteiger partial charge in [-0.3, -0.25) is 4.79 Å². The Bertz CT molecular complexity index is 574. The molecule has 3 heteroatoms. The molecule has 2 unspecified atom stereocenters. The van der Waals surface area contributed by atoms with Crippen LogP contribution in [0.1, 0.15) is 49.7 Å². The predicted octanol–water partition coefficient (Wildman–Crippen LogP) is 3.93. The summed E-state index contributed by atoms with van der Waals surface area (Å²) in [5.74, 6) is 0.982. The first-order chi connectivity index (χ1) is 10.2. The van der Waals surface area contributed by atoms with Gasteiger partial charge in [-0.1, -0.05) is 30.2 Å². The van der Waals surface area contributed by atoms with Crippen LogP contribution in [0.25, 0.3) is 6.08 Å².